The lowest BCUT2D eigenvalue weighted by Gasteiger charge is -2.27. The summed E-state index contributed by atoms with van der Waals surface area (Å²) in [5, 5.41) is 16.4. The molecule has 1 N–H and O–H groups in total. The monoisotopic (exact) mass is 316 g/mol. The van der Waals surface area contributed by atoms with Crippen LogP contribution in [0.3, 0.4) is 0 Å². The van der Waals surface area contributed by atoms with Crippen LogP contribution in [0, 0.1) is 31.1 Å². The van der Waals surface area contributed by atoms with Crippen LogP contribution >= 0.6 is 0 Å². The maximum atomic E-state index is 12.2. The number of carbonyl (C=O) groups is 1. The van der Waals surface area contributed by atoms with E-state index >= 15 is 0 Å². The smallest absolute Gasteiger partial charge is 0.220 e. The van der Waals surface area contributed by atoms with Crippen molar-refractivity contribution in [1.29, 1.82) is 5.26 Å². The molecule has 23 heavy (non-hydrogen) atoms. The van der Waals surface area contributed by atoms with Gasteiger partial charge in [-0.05, 0) is 44.6 Å². The summed E-state index contributed by atoms with van der Waals surface area (Å²) < 4.78 is 1.88. The summed E-state index contributed by atoms with van der Waals surface area (Å²) in [6, 6.07) is 2.50. The lowest BCUT2D eigenvalue weighted by atomic mass is 9.87. The van der Waals surface area contributed by atoms with E-state index in [2.05, 4.69) is 23.4 Å². The second-order valence-corrected chi connectivity index (χ2v) is 6.82. The van der Waals surface area contributed by atoms with Crippen molar-refractivity contribution >= 4 is 5.91 Å². The van der Waals surface area contributed by atoms with Crippen LogP contribution in [0.5, 0.6) is 0 Å². The Hall–Kier alpha value is -1.83. The van der Waals surface area contributed by atoms with E-state index in [-0.39, 0.29) is 5.91 Å². The molecule has 126 valence electrons. The molecule has 2 atom stereocenters. The van der Waals surface area contributed by atoms with Crippen molar-refractivity contribution in [2.45, 2.75) is 78.3 Å². The zero-order chi connectivity index (χ0) is 16.8. The minimum Gasteiger partial charge on any atom is -0.353 e. The number of amides is 1. The van der Waals surface area contributed by atoms with E-state index in [1.165, 1.54) is 12.8 Å². The zero-order valence-electron chi connectivity index (χ0n) is 14.6. The standard InChI is InChI=1S/C18H28N4O/c1-13-6-4-7-16(12-13)20-18(23)9-8-17-14(2)21-22(15(17)3)11-5-10-19/h13,16H,4-9,11-12H2,1-3H3,(H,20,23). The van der Waals surface area contributed by atoms with Crippen molar-refractivity contribution in [1.82, 2.24) is 15.1 Å². The highest BCUT2D eigenvalue weighted by Crippen LogP contribution is 2.23. The number of hydrogen-bond acceptors (Lipinski definition) is 3. The molecule has 1 aliphatic carbocycles. The van der Waals surface area contributed by atoms with Gasteiger partial charge in [0.1, 0.15) is 0 Å². The highest BCUT2D eigenvalue weighted by Gasteiger charge is 2.20. The number of nitrogens with one attached hydrogen (secondary N) is 1. The summed E-state index contributed by atoms with van der Waals surface area (Å²) in [6.07, 6.45) is 6.41. The molecule has 1 aromatic rings. The molecule has 2 unspecified atom stereocenters. The van der Waals surface area contributed by atoms with Gasteiger partial charge < -0.3 is 5.32 Å². The number of aryl methyl sites for hydroxylation is 2. The van der Waals surface area contributed by atoms with Crippen molar-refractivity contribution in [2.75, 3.05) is 0 Å². The van der Waals surface area contributed by atoms with Crippen LogP contribution in [0.25, 0.3) is 0 Å². The minimum absolute atomic E-state index is 0.146. The fourth-order valence-corrected chi connectivity index (χ4v) is 3.57. The van der Waals surface area contributed by atoms with Crippen molar-refractivity contribution in [3.05, 3.63) is 17.0 Å². The molecule has 1 fully saturated rings. The van der Waals surface area contributed by atoms with Gasteiger partial charge >= 0.3 is 0 Å². The predicted molar refractivity (Wildman–Crippen MR) is 89.8 cm³/mol. The summed E-state index contributed by atoms with van der Waals surface area (Å²) in [5.41, 5.74) is 3.20. The summed E-state index contributed by atoms with van der Waals surface area (Å²) in [4.78, 5) is 12.2. The molecule has 5 nitrogen and oxygen atoms in total. The molecule has 0 aromatic carbocycles. The topological polar surface area (TPSA) is 70.7 Å². The fraction of sp³-hybridized carbons (Fsp3) is 0.722. The molecule has 1 amide bonds. The first-order valence-corrected chi connectivity index (χ1v) is 8.70. The van der Waals surface area contributed by atoms with Crippen LogP contribution in [0.15, 0.2) is 0 Å². The van der Waals surface area contributed by atoms with E-state index in [9.17, 15) is 4.79 Å². The number of carbonyl (C=O) groups excluding carboxylic acids is 1. The molecule has 0 aliphatic heterocycles. The second-order valence-electron chi connectivity index (χ2n) is 6.82. The van der Waals surface area contributed by atoms with Crippen LogP contribution in [-0.4, -0.2) is 21.7 Å². The van der Waals surface area contributed by atoms with E-state index in [0.717, 1.165) is 42.1 Å². The average Bonchev–Trinajstić information content (AvgIpc) is 2.77. The molecule has 2 rings (SSSR count). The molecule has 0 saturated heterocycles. The molecule has 1 saturated carbocycles. The van der Waals surface area contributed by atoms with Gasteiger partial charge in [-0.15, -0.1) is 0 Å². The summed E-state index contributed by atoms with van der Waals surface area (Å²) in [5.74, 6) is 0.865. The molecular weight excluding hydrogens is 288 g/mol. The van der Waals surface area contributed by atoms with E-state index in [1.54, 1.807) is 0 Å². The molecule has 1 heterocycles. The Bertz CT molecular complexity index is 585. The third-order valence-corrected chi connectivity index (χ3v) is 4.87. The van der Waals surface area contributed by atoms with Crippen LogP contribution < -0.4 is 5.32 Å². The number of nitriles is 1. The van der Waals surface area contributed by atoms with Crippen LogP contribution in [0.4, 0.5) is 0 Å². The fourth-order valence-electron chi connectivity index (χ4n) is 3.57. The molecular formula is C18H28N4O. The van der Waals surface area contributed by atoms with Gasteiger partial charge in [-0.1, -0.05) is 19.8 Å². The first-order valence-electron chi connectivity index (χ1n) is 8.70. The second kappa shape index (κ2) is 8.14. The molecule has 1 aliphatic rings. The third kappa shape index (κ3) is 4.82. The Kier molecular flexibility index (Phi) is 6.20. The van der Waals surface area contributed by atoms with Crippen molar-refractivity contribution in [3.8, 4) is 6.07 Å². The van der Waals surface area contributed by atoms with Gasteiger partial charge in [0, 0.05) is 18.2 Å². The van der Waals surface area contributed by atoms with Gasteiger partial charge in [-0.25, -0.2) is 0 Å². The number of aromatic nitrogens is 2. The Labute approximate surface area is 139 Å². The van der Waals surface area contributed by atoms with Gasteiger partial charge in [0.05, 0.1) is 24.7 Å². The molecule has 5 heteroatoms. The van der Waals surface area contributed by atoms with Gasteiger partial charge in [-0.3, -0.25) is 9.48 Å². The molecule has 0 bridgehead atoms. The number of hydrogen-bond donors (Lipinski definition) is 1. The summed E-state index contributed by atoms with van der Waals surface area (Å²) in [7, 11) is 0. The van der Waals surface area contributed by atoms with Gasteiger partial charge in [0.25, 0.3) is 0 Å². The molecule has 0 spiro atoms. The average molecular weight is 316 g/mol. The van der Waals surface area contributed by atoms with E-state index < -0.39 is 0 Å². The largest absolute Gasteiger partial charge is 0.353 e. The highest BCUT2D eigenvalue weighted by molar-refractivity contribution is 5.76. The van der Waals surface area contributed by atoms with E-state index in [1.807, 2.05) is 18.5 Å². The Balaban J connectivity index is 1.86. The van der Waals surface area contributed by atoms with Crippen molar-refractivity contribution in [3.63, 3.8) is 0 Å². The van der Waals surface area contributed by atoms with Gasteiger partial charge in [0.15, 0.2) is 0 Å². The van der Waals surface area contributed by atoms with Crippen LogP contribution in [0.1, 0.15) is 62.4 Å². The zero-order valence-corrected chi connectivity index (χ0v) is 14.6. The first-order chi connectivity index (χ1) is 11.0. The van der Waals surface area contributed by atoms with E-state index in [0.29, 0.717) is 25.4 Å². The summed E-state index contributed by atoms with van der Waals surface area (Å²) in [6.45, 7) is 6.88. The predicted octanol–water partition coefficient (Wildman–Crippen LogP) is 3.04. The van der Waals surface area contributed by atoms with Gasteiger partial charge in [0.2, 0.25) is 5.91 Å². The lowest BCUT2D eigenvalue weighted by Crippen LogP contribution is -2.38. The van der Waals surface area contributed by atoms with Crippen molar-refractivity contribution < 1.29 is 4.79 Å². The van der Waals surface area contributed by atoms with Crippen molar-refractivity contribution in [2.24, 2.45) is 5.92 Å². The maximum absolute atomic E-state index is 12.2. The van der Waals surface area contributed by atoms with Crippen LogP contribution in [-0.2, 0) is 17.8 Å². The third-order valence-electron chi connectivity index (χ3n) is 4.87. The normalized spacial score (nSPS) is 21.0. The minimum atomic E-state index is 0.146. The number of nitrogens with zero attached hydrogens (tertiary/aromatic N) is 3. The Morgan fingerprint density at radius 2 is 2.22 bits per heavy atom. The van der Waals surface area contributed by atoms with Crippen LogP contribution in [0.2, 0.25) is 0 Å². The Morgan fingerprint density at radius 3 is 2.91 bits per heavy atom. The summed E-state index contributed by atoms with van der Waals surface area (Å²) >= 11 is 0. The molecule has 1 aromatic heterocycles. The molecule has 0 radical (unpaired) electrons. The quantitative estimate of drug-likeness (QED) is 0.877. The lowest BCUT2D eigenvalue weighted by molar-refractivity contribution is -0.122. The maximum Gasteiger partial charge on any atom is 0.220 e. The Morgan fingerprint density at radius 1 is 1.43 bits per heavy atom. The first kappa shape index (κ1) is 17.5. The van der Waals surface area contributed by atoms with Gasteiger partial charge in [-0.2, -0.15) is 10.4 Å². The highest BCUT2D eigenvalue weighted by atomic mass is 16.1. The SMILES string of the molecule is Cc1nn(CCC#N)c(C)c1CCC(=O)NC1CCCC(C)C1. The number of rotatable bonds is 6. The van der Waals surface area contributed by atoms with E-state index in [4.69, 9.17) is 5.26 Å².